The number of amides is 2. The van der Waals surface area contributed by atoms with Crippen LogP contribution in [0.4, 0.5) is 5.69 Å². The Hall–Kier alpha value is -2.38. The Morgan fingerprint density at radius 2 is 1.96 bits per heavy atom. The highest BCUT2D eigenvalue weighted by Crippen LogP contribution is 2.39. The van der Waals surface area contributed by atoms with Crippen LogP contribution in [0, 0.1) is 0 Å². The van der Waals surface area contributed by atoms with Crippen LogP contribution in [0.3, 0.4) is 0 Å². The van der Waals surface area contributed by atoms with Crippen LogP contribution >= 0.6 is 11.8 Å². The van der Waals surface area contributed by atoms with Gasteiger partial charge in [-0.3, -0.25) is 14.5 Å². The molecule has 0 saturated carbocycles. The first-order valence-electron chi connectivity index (χ1n) is 9.75. The zero-order valence-corrected chi connectivity index (χ0v) is 16.6. The first kappa shape index (κ1) is 19.0. The van der Waals surface area contributed by atoms with E-state index < -0.39 is 0 Å². The lowest BCUT2D eigenvalue weighted by molar-refractivity contribution is -0.119. The molecule has 1 aromatic carbocycles. The van der Waals surface area contributed by atoms with Crippen LogP contribution in [-0.2, 0) is 4.79 Å². The van der Waals surface area contributed by atoms with Crippen molar-refractivity contribution in [1.82, 2.24) is 15.2 Å². The van der Waals surface area contributed by atoms with Gasteiger partial charge in [0.1, 0.15) is 11.6 Å². The van der Waals surface area contributed by atoms with Crippen LogP contribution in [0.15, 0.2) is 52.5 Å². The van der Waals surface area contributed by atoms with Crippen molar-refractivity contribution in [3.8, 4) is 0 Å². The van der Waals surface area contributed by atoms with E-state index in [-0.39, 0.29) is 18.4 Å². The third-order valence-corrected chi connectivity index (χ3v) is 6.17. The zero-order valence-electron chi connectivity index (χ0n) is 15.8. The van der Waals surface area contributed by atoms with E-state index in [2.05, 4.69) is 15.2 Å². The van der Waals surface area contributed by atoms with E-state index in [0.29, 0.717) is 17.1 Å². The number of likely N-dealkylation sites (tertiary alicyclic amines) is 1. The summed E-state index contributed by atoms with van der Waals surface area (Å²) < 4.78 is 0. The Morgan fingerprint density at radius 3 is 2.82 bits per heavy atom. The summed E-state index contributed by atoms with van der Waals surface area (Å²) in [5, 5.41) is 3.64. The molecule has 2 amide bonds. The molecule has 0 unspecified atom stereocenters. The van der Waals surface area contributed by atoms with Crippen LogP contribution in [0.25, 0.3) is 0 Å². The van der Waals surface area contributed by atoms with Crippen molar-refractivity contribution < 1.29 is 9.59 Å². The number of aromatic nitrogens is 1. The van der Waals surface area contributed by atoms with Gasteiger partial charge in [0.15, 0.2) is 0 Å². The second kappa shape index (κ2) is 8.75. The highest BCUT2D eigenvalue weighted by Gasteiger charge is 2.29. The van der Waals surface area contributed by atoms with Gasteiger partial charge in [0.25, 0.3) is 5.91 Å². The standard InChI is InChI=1S/C21H24N4O2S/c26-19(22-11-6-14-24-12-3-4-13-24)15-25-17-8-1-2-9-18(17)28-20-16(21(25)27)7-5-10-23-20/h1-2,5,7-10H,3-4,6,11-15H2,(H,22,26). The van der Waals surface area contributed by atoms with Crippen molar-refractivity contribution in [2.75, 3.05) is 37.6 Å². The molecule has 6 nitrogen and oxygen atoms in total. The number of fused-ring (bicyclic) bond motifs is 2. The minimum Gasteiger partial charge on any atom is -0.355 e. The summed E-state index contributed by atoms with van der Waals surface area (Å²) in [5.41, 5.74) is 1.29. The van der Waals surface area contributed by atoms with Crippen LogP contribution in [0.5, 0.6) is 0 Å². The third-order valence-electron chi connectivity index (χ3n) is 5.08. The van der Waals surface area contributed by atoms with E-state index in [9.17, 15) is 9.59 Å². The fraction of sp³-hybridized carbons (Fsp3) is 0.381. The summed E-state index contributed by atoms with van der Waals surface area (Å²) in [5.74, 6) is -0.324. The molecule has 146 valence electrons. The normalized spacial score (nSPS) is 16.4. The number of rotatable bonds is 6. The van der Waals surface area contributed by atoms with Gasteiger partial charge in [0.2, 0.25) is 5.91 Å². The van der Waals surface area contributed by atoms with Gasteiger partial charge in [-0.05, 0) is 63.2 Å². The molecular weight excluding hydrogens is 372 g/mol. The van der Waals surface area contributed by atoms with Crippen LogP contribution < -0.4 is 10.2 Å². The fourth-order valence-corrected chi connectivity index (χ4v) is 4.67. The number of hydrogen-bond acceptors (Lipinski definition) is 5. The van der Waals surface area contributed by atoms with Crippen molar-refractivity contribution in [1.29, 1.82) is 0 Å². The summed E-state index contributed by atoms with van der Waals surface area (Å²) in [6.07, 6.45) is 5.16. The molecule has 0 bridgehead atoms. The van der Waals surface area contributed by atoms with Gasteiger partial charge in [-0.15, -0.1) is 0 Å². The third kappa shape index (κ3) is 4.20. The number of benzene rings is 1. The zero-order chi connectivity index (χ0) is 19.3. The number of nitrogens with zero attached hydrogens (tertiary/aromatic N) is 3. The SMILES string of the molecule is O=C(CN1C(=O)c2cccnc2Sc2ccccc21)NCCCN1CCCC1. The van der Waals surface area contributed by atoms with Gasteiger partial charge in [-0.25, -0.2) is 4.98 Å². The highest BCUT2D eigenvalue weighted by molar-refractivity contribution is 7.99. The first-order valence-corrected chi connectivity index (χ1v) is 10.6. The van der Waals surface area contributed by atoms with Gasteiger partial charge in [0.05, 0.1) is 11.3 Å². The quantitative estimate of drug-likeness (QED) is 0.761. The lowest BCUT2D eigenvalue weighted by Crippen LogP contribution is -2.41. The molecule has 2 aliphatic rings. The van der Waals surface area contributed by atoms with Crippen molar-refractivity contribution in [2.45, 2.75) is 29.2 Å². The number of para-hydroxylation sites is 1. The molecule has 0 atom stereocenters. The molecule has 28 heavy (non-hydrogen) atoms. The Labute approximate surface area is 169 Å². The summed E-state index contributed by atoms with van der Waals surface area (Å²) in [6.45, 7) is 3.98. The van der Waals surface area contributed by atoms with E-state index in [1.54, 1.807) is 23.2 Å². The molecule has 1 fully saturated rings. The number of pyridine rings is 1. The van der Waals surface area contributed by atoms with E-state index in [1.165, 1.54) is 24.6 Å². The van der Waals surface area contributed by atoms with E-state index in [4.69, 9.17) is 0 Å². The maximum absolute atomic E-state index is 13.1. The Kier molecular flexibility index (Phi) is 5.92. The summed E-state index contributed by atoms with van der Waals surface area (Å²) in [6, 6.07) is 11.2. The Balaban J connectivity index is 1.43. The molecule has 1 aromatic heterocycles. The first-order chi connectivity index (χ1) is 13.7. The van der Waals surface area contributed by atoms with Gasteiger partial charge in [0, 0.05) is 17.6 Å². The molecule has 2 aliphatic heterocycles. The largest absolute Gasteiger partial charge is 0.355 e. The second-order valence-corrected chi connectivity index (χ2v) is 8.10. The van der Waals surface area contributed by atoms with Crippen molar-refractivity contribution in [2.24, 2.45) is 0 Å². The van der Waals surface area contributed by atoms with E-state index in [0.717, 1.165) is 36.6 Å². The fourth-order valence-electron chi connectivity index (χ4n) is 3.65. The summed E-state index contributed by atoms with van der Waals surface area (Å²) in [7, 11) is 0. The maximum atomic E-state index is 13.1. The van der Waals surface area contributed by atoms with Crippen LogP contribution in [0.2, 0.25) is 0 Å². The van der Waals surface area contributed by atoms with Gasteiger partial charge in [-0.2, -0.15) is 0 Å². The minimum atomic E-state index is -0.187. The van der Waals surface area contributed by atoms with Crippen molar-refractivity contribution >= 4 is 29.3 Å². The average molecular weight is 397 g/mol. The number of carbonyl (C=O) groups excluding carboxylic acids is 2. The molecule has 0 spiro atoms. The average Bonchev–Trinajstić information content (AvgIpc) is 3.20. The van der Waals surface area contributed by atoms with E-state index >= 15 is 0 Å². The molecule has 4 rings (SSSR count). The van der Waals surface area contributed by atoms with Crippen molar-refractivity contribution in [3.05, 3.63) is 48.2 Å². The predicted octanol–water partition coefficient (Wildman–Crippen LogP) is 2.80. The molecule has 2 aromatic rings. The van der Waals surface area contributed by atoms with Crippen LogP contribution in [0.1, 0.15) is 29.6 Å². The van der Waals surface area contributed by atoms with Gasteiger partial charge in [-0.1, -0.05) is 23.9 Å². The van der Waals surface area contributed by atoms with Gasteiger partial charge >= 0.3 is 0 Å². The molecule has 0 aliphatic carbocycles. The van der Waals surface area contributed by atoms with E-state index in [1.807, 2.05) is 24.3 Å². The number of hydrogen-bond donors (Lipinski definition) is 1. The monoisotopic (exact) mass is 396 g/mol. The topological polar surface area (TPSA) is 65.5 Å². The van der Waals surface area contributed by atoms with Crippen molar-refractivity contribution in [3.63, 3.8) is 0 Å². The smallest absolute Gasteiger partial charge is 0.261 e. The Morgan fingerprint density at radius 1 is 1.14 bits per heavy atom. The molecule has 0 radical (unpaired) electrons. The second-order valence-electron chi connectivity index (χ2n) is 7.07. The number of carbonyl (C=O) groups is 2. The minimum absolute atomic E-state index is 0.00839. The molecule has 7 heteroatoms. The molecular formula is C21H24N4O2S. The lowest BCUT2D eigenvalue weighted by Gasteiger charge is -2.22. The predicted molar refractivity (Wildman–Crippen MR) is 110 cm³/mol. The molecule has 3 heterocycles. The molecule has 1 N–H and O–H groups in total. The lowest BCUT2D eigenvalue weighted by atomic mass is 10.2. The highest BCUT2D eigenvalue weighted by atomic mass is 32.2. The Bertz CT molecular complexity index is 867. The van der Waals surface area contributed by atoms with Crippen LogP contribution in [-0.4, -0.2) is 54.4 Å². The molecule has 1 saturated heterocycles. The van der Waals surface area contributed by atoms with Gasteiger partial charge < -0.3 is 10.2 Å². The number of nitrogens with one attached hydrogen (secondary N) is 1. The maximum Gasteiger partial charge on any atom is 0.261 e. The number of anilines is 1. The summed E-state index contributed by atoms with van der Waals surface area (Å²) in [4.78, 5) is 34.9. The summed E-state index contributed by atoms with van der Waals surface area (Å²) >= 11 is 1.46.